The third-order valence-electron chi connectivity index (χ3n) is 3.78. The molecule has 2 heterocycles. The number of hydrogen-bond acceptors (Lipinski definition) is 6. The van der Waals surface area contributed by atoms with Crippen LogP contribution in [0.4, 0.5) is 5.13 Å². The molecule has 4 aromatic rings. The van der Waals surface area contributed by atoms with E-state index in [1.807, 2.05) is 41.8 Å². The van der Waals surface area contributed by atoms with Gasteiger partial charge in [-0.3, -0.25) is 4.79 Å². The molecule has 0 saturated carbocycles. The van der Waals surface area contributed by atoms with Gasteiger partial charge in [-0.1, -0.05) is 64.5 Å². The van der Waals surface area contributed by atoms with Gasteiger partial charge in [-0.2, -0.15) is 0 Å². The Hall–Kier alpha value is -1.64. The van der Waals surface area contributed by atoms with E-state index >= 15 is 0 Å². The fourth-order valence-electron chi connectivity index (χ4n) is 2.47. The van der Waals surface area contributed by atoms with Crippen LogP contribution < -0.4 is 5.32 Å². The zero-order valence-corrected chi connectivity index (χ0v) is 18.3. The van der Waals surface area contributed by atoms with E-state index in [4.69, 9.17) is 23.2 Å². The van der Waals surface area contributed by atoms with Gasteiger partial charge in [-0.25, -0.2) is 9.97 Å². The molecule has 2 aromatic carbocycles. The highest BCUT2D eigenvalue weighted by atomic mass is 35.5. The maximum absolute atomic E-state index is 12.3. The number of carbonyl (C=O) groups is 1. The summed E-state index contributed by atoms with van der Waals surface area (Å²) in [6.45, 7) is 0. The van der Waals surface area contributed by atoms with Gasteiger partial charge < -0.3 is 5.32 Å². The average molecular weight is 466 g/mol. The number of hydrogen-bond donors (Lipinski definition) is 1. The molecule has 28 heavy (non-hydrogen) atoms. The highest BCUT2D eigenvalue weighted by Crippen LogP contribution is 2.30. The fourth-order valence-corrected chi connectivity index (χ4v) is 5.75. The molecule has 0 bridgehead atoms. The van der Waals surface area contributed by atoms with Crippen molar-refractivity contribution in [1.29, 1.82) is 0 Å². The van der Waals surface area contributed by atoms with Gasteiger partial charge in [0.05, 0.1) is 22.3 Å². The molecule has 4 rings (SSSR count). The smallest absolute Gasteiger partial charge is 0.232 e. The Kier molecular flexibility index (Phi) is 6.18. The highest BCUT2D eigenvalue weighted by Gasteiger charge is 2.12. The molecule has 4 nitrogen and oxygen atoms in total. The highest BCUT2D eigenvalue weighted by molar-refractivity contribution is 8.00. The minimum Gasteiger partial charge on any atom is -0.302 e. The number of thioether (sulfide) groups is 1. The molecule has 0 spiro atoms. The molecule has 0 aliphatic carbocycles. The Bertz CT molecular complexity index is 1110. The number of benzene rings is 2. The number of amides is 1. The minimum atomic E-state index is -0.123. The van der Waals surface area contributed by atoms with Crippen LogP contribution in [-0.4, -0.2) is 15.9 Å². The summed E-state index contributed by atoms with van der Waals surface area (Å²) in [4.78, 5) is 21.3. The lowest BCUT2D eigenvalue weighted by Gasteiger charge is -2.02. The van der Waals surface area contributed by atoms with Crippen molar-refractivity contribution >= 4 is 78.9 Å². The Labute approximate surface area is 183 Å². The van der Waals surface area contributed by atoms with Gasteiger partial charge in [-0.15, -0.1) is 11.3 Å². The van der Waals surface area contributed by atoms with Gasteiger partial charge in [0.1, 0.15) is 4.34 Å². The number of anilines is 1. The lowest BCUT2D eigenvalue weighted by molar-refractivity contribution is -0.115. The van der Waals surface area contributed by atoms with Crippen LogP contribution >= 0.6 is 57.6 Å². The number of fused-ring (bicyclic) bond motifs is 1. The Morgan fingerprint density at radius 1 is 1.14 bits per heavy atom. The van der Waals surface area contributed by atoms with Crippen LogP contribution in [0, 0.1) is 0 Å². The first kappa shape index (κ1) is 19.7. The summed E-state index contributed by atoms with van der Waals surface area (Å²) in [6.07, 6.45) is 0.217. The second-order valence-corrected chi connectivity index (χ2v) is 9.80. The predicted molar refractivity (Wildman–Crippen MR) is 120 cm³/mol. The lowest BCUT2D eigenvalue weighted by Crippen LogP contribution is -2.14. The molecule has 0 atom stereocenters. The quantitative estimate of drug-likeness (QED) is 0.328. The molecule has 0 aliphatic rings. The van der Waals surface area contributed by atoms with Crippen molar-refractivity contribution in [3.05, 3.63) is 69.1 Å². The number of nitrogens with zero attached hydrogens (tertiary/aromatic N) is 2. The van der Waals surface area contributed by atoms with E-state index in [-0.39, 0.29) is 12.3 Å². The van der Waals surface area contributed by atoms with Crippen molar-refractivity contribution in [3.8, 4) is 0 Å². The van der Waals surface area contributed by atoms with Crippen molar-refractivity contribution < 1.29 is 4.79 Å². The molecule has 0 radical (unpaired) electrons. The number of rotatable bonds is 6. The van der Waals surface area contributed by atoms with Crippen molar-refractivity contribution in [2.45, 2.75) is 16.5 Å². The van der Waals surface area contributed by atoms with Gasteiger partial charge in [0.25, 0.3) is 0 Å². The van der Waals surface area contributed by atoms with Crippen molar-refractivity contribution in [3.63, 3.8) is 0 Å². The normalized spacial score (nSPS) is 11.1. The SMILES string of the molecule is O=C(Cc1csc(SCc2ccc(Cl)cc2Cl)n1)Nc1nc2ccccc2s1. The fraction of sp³-hybridized carbons (Fsp3) is 0.105. The molecular weight excluding hydrogens is 453 g/mol. The number of thiazole rings is 2. The largest absolute Gasteiger partial charge is 0.302 e. The molecular formula is C19H13Cl2N3OS3. The number of carbonyl (C=O) groups excluding carboxylic acids is 1. The monoisotopic (exact) mass is 465 g/mol. The lowest BCUT2D eigenvalue weighted by atomic mass is 10.2. The number of nitrogens with one attached hydrogen (secondary N) is 1. The van der Waals surface area contributed by atoms with Crippen molar-refractivity contribution in [1.82, 2.24) is 9.97 Å². The molecule has 1 amide bonds. The first-order valence-corrected chi connectivity index (χ1v) is 11.7. The number of aromatic nitrogens is 2. The van der Waals surface area contributed by atoms with E-state index in [0.29, 0.717) is 20.9 Å². The van der Waals surface area contributed by atoms with E-state index in [1.165, 1.54) is 22.7 Å². The summed E-state index contributed by atoms with van der Waals surface area (Å²) in [5.41, 5.74) is 2.63. The zero-order chi connectivity index (χ0) is 19.5. The second-order valence-electron chi connectivity index (χ2n) is 5.84. The van der Waals surface area contributed by atoms with Crippen LogP contribution in [0.25, 0.3) is 10.2 Å². The molecule has 0 saturated heterocycles. The Morgan fingerprint density at radius 3 is 2.82 bits per heavy atom. The maximum atomic E-state index is 12.3. The average Bonchev–Trinajstić information content (AvgIpc) is 3.26. The van der Waals surface area contributed by atoms with Crippen molar-refractivity contribution in [2.75, 3.05) is 5.32 Å². The number of para-hydroxylation sites is 1. The summed E-state index contributed by atoms with van der Waals surface area (Å²) >= 11 is 16.7. The topological polar surface area (TPSA) is 54.9 Å². The first-order valence-electron chi connectivity index (χ1n) is 8.23. The van der Waals surface area contributed by atoms with E-state index in [9.17, 15) is 4.79 Å². The summed E-state index contributed by atoms with van der Waals surface area (Å²) < 4.78 is 1.94. The molecule has 1 N–H and O–H groups in total. The van der Waals surface area contributed by atoms with Crippen LogP contribution in [0.1, 0.15) is 11.3 Å². The maximum Gasteiger partial charge on any atom is 0.232 e. The Balaban J connectivity index is 1.34. The van der Waals surface area contributed by atoms with Crippen LogP contribution in [0.5, 0.6) is 0 Å². The van der Waals surface area contributed by atoms with Gasteiger partial charge in [-0.05, 0) is 29.8 Å². The van der Waals surface area contributed by atoms with Crippen molar-refractivity contribution in [2.24, 2.45) is 0 Å². The summed E-state index contributed by atoms with van der Waals surface area (Å²) in [5.74, 6) is 0.572. The third kappa shape index (κ3) is 4.85. The molecule has 0 unspecified atom stereocenters. The van der Waals surface area contributed by atoms with E-state index in [0.717, 1.165) is 25.8 Å². The summed E-state index contributed by atoms with van der Waals surface area (Å²) in [7, 11) is 0. The molecule has 0 fully saturated rings. The number of halogens is 2. The van der Waals surface area contributed by atoms with Gasteiger partial charge in [0, 0.05) is 21.2 Å². The third-order valence-corrected chi connectivity index (χ3v) is 7.44. The standard InChI is InChI=1S/C19H13Cl2N3OS3/c20-12-6-5-11(14(21)7-12)9-26-19-22-13(10-27-19)8-17(25)24-18-23-15-3-1-2-4-16(15)28-18/h1-7,10H,8-9H2,(H,23,24,25). The van der Waals surface area contributed by atoms with E-state index < -0.39 is 0 Å². The predicted octanol–water partition coefficient (Wildman–Crippen LogP) is 6.53. The van der Waals surface area contributed by atoms with Crippen LogP contribution in [0.2, 0.25) is 10.0 Å². The van der Waals surface area contributed by atoms with Crippen LogP contribution in [0.15, 0.2) is 52.2 Å². The van der Waals surface area contributed by atoms with E-state index in [1.54, 1.807) is 17.8 Å². The minimum absolute atomic E-state index is 0.123. The van der Waals surface area contributed by atoms with E-state index in [2.05, 4.69) is 15.3 Å². The zero-order valence-electron chi connectivity index (χ0n) is 14.3. The molecule has 0 aliphatic heterocycles. The molecule has 142 valence electrons. The van der Waals surface area contributed by atoms with Crippen LogP contribution in [0.3, 0.4) is 0 Å². The summed E-state index contributed by atoms with van der Waals surface area (Å²) in [5, 5.41) is 6.63. The van der Waals surface area contributed by atoms with Gasteiger partial charge in [0.15, 0.2) is 5.13 Å². The molecule has 2 aromatic heterocycles. The second kappa shape index (κ2) is 8.80. The summed E-state index contributed by atoms with van der Waals surface area (Å²) in [6, 6.07) is 13.3. The van der Waals surface area contributed by atoms with Crippen LogP contribution in [-0.2, 0) is 17.0 Å². The van der Waals surface area contributed by atoms with Gasteiger partial charge in [0.2, 0.25) is 5.91 Å². The first-order chi connectivity index (χ1) is 13.6. The molecule has 9 heteroatoms. The Morgan fingerprint density at radius 2 is 2.00 bits per heavy atom. The van der Waals surface area contributed by atoms with Gasteiger partial charge >= 0.3 is 0 Å².